The summed E-state index contributed by atoms with van der Waals surface area (Å²) in [5.74, 6) is -0.612. The summed E-state index contributed by atoms with van der Waals surface area (Å²) in [4.78, 5) is 17.1. The highest BCUT2D eigenvalue weighted by molar-refractivity contribution is 6.64. The average Bonchev–Trinajstić information content (AvgIpc) is 3.34. The number of aromatic nitrogens is 4. The summed E-state index contributed by atoms with van der Waals surface area (Å²) in [6, 6.07) is 0.253. The zero-order valence-corrected chi connectivity index (χ0v) is 16.7. The van der Waals surface area contributed by atoms with E-state index in [2.05, 4.69) is 10.1 Å². The van der Waals surface area contributed by atoms with Gasteiger partial charge < -0.3 is 19.4 Å². The van der Waals surface area contributed by atoms with E-state index >= 15 is 0 Å². The number of carbonyl (C=O) groups is 1. The lowest BCUT2D eigenvalue weighted by molar-refractivity contribution is -0.146. The lowest BCUT2D eigenvalue weighted by Crippen LogP contribution is -2.31. The first kappa shape index (κ1) is 20.2. The summed E-state index contributed by atoms with van der Waals surface area (Å²) < 4.78 is 22.0. The number of carbonyl (C=O) groups excluding carboxylic acids is 1. The number of benzene rings is 1. The van der Waals surface area contributed by atoms with Crippen molar-refractivity contribution < 1.29 is 24.0 Å². The maximum atomic E-state index is 13.9. The van der Waals surface area contributed by atoms with Gasteiger partial charge in [-0.15, -0.1) is 0 Å². The van der Waals surface area contributed by atoms with E-state index in [1.165, 1.54) is 23.3 Å². The molecule has 4 rings (SSSR count). The molecule has 1 unspecified atom stereocenters. The third-order valence-electron chi connectivity index (χ3n) is 4.83. The molecular weight excluding hydrogens is 425 g/mol. The zero-order valence-electron chi connectivity index (χ0n) is 15.2. The van der Waals surface area contributed by atoms with Crippen molar-refractivity contribution in [2.75, 3.05) is 6.61 Å². The van der Waals surface area contributed by atoms with Crippen LogP contribution in [0.4, 0.5) is 4.39 Å². The van der Waals surface area contributed by atoms with Crippen molar-refractivity contribution in [3.63, 3.8) is 0 Å². The molecule has 3 aromatic rings. The number of fused-ring (bicyclic) bond motifs is 2. The van der Waals surface area contributed by atoms with E-state index in [0.717, 1.165) is 0 Å². The first-order valence-corrected chi connectivity index (χ1v) is 9.64. The van der Waals surface area contributed by atoms with Crippen molar-refractivity contribution in [3.05, 3.63) is 40.0 Å². The molecule has 8 nitrogen and oxygen atoms in total. The van der Waals surface area contributed by atoms with Crippen LogP contribution < -0.4 is 5.46 Å². The highest BCUT2D eigenvalue weighted by Gasteiger charge is 2.35. The molecule has 0 spiro atoms. The van der Waals surface area contributed by atoms with E-state index in [1.54, 1.807) is 11.5 Å². The largest absolute Gasteiger partial charge is 0.490 e. The van der Waals surface area contributed by atoms with Crippen LogP contribution in [0.25, 0.3) is 10.9 Å². The van der Waals surface area contributed by atoms with Crippen molar-refractivity contribution in [1.29, 1.82) is 0 Å². The second-order valence-corrected chi connectivity index (χ2v) is 7.48. The predicted molar refractivity (Wildman–Crippen MR) is 105 cm³/mol. The molecule has 0 fully saturated rings. The van der Waals surface area contributed by atoms with E-state index < -0.39 is 25.3 Å². The van der Waals surface area contributed by atoms with Crippen molar-refractivity contribution in [2.45, 2.75) is 32.1 Å². The number of ether oxygens (including phenoxy) is 1. The Balaban J connectivity index is 1.88. The number of halogens is 3. The topological polar surface area (TPSA) is 102 Å². The third-order valence-corrected chi connectivity index (χ3v) is 5.54. The van der Waals surface area contributed by atoms with E-state index in [9.17, 15) is 19.2 Å². The smallest absolute Gasteiger partial charge is 0.464 e. The van der Waals surface area contributed by atoms with Crippen LogP contribution in [0.1, 0.15) is 24.4 Å². The molecule has 152 valence electrons. The van der Waals surface area contributed by atoms with Crippen LogP contribution in [-0.4, -0.2) is 55.2 Å². The minimum absolute atomic E-state index is 0.000324. The molecular formula is C17H16BCl2FN4O4. The molecule has 2 aromatic heterocycles. The van der Waals surface area contributed by atoms with Gasteiger partial charge in [0.15, 0.2) is 6.04 Å². The normalized spacial score (nSPS) is 16.8. The van der Waals surface area contributed by atoms with Gasteiger partial charge in [-0.1, -0.05) is 23.2 Å². The fraction of sp³-hybridized carbons (Fsp3) is 0.353. The highest BCUT2D eigenvalue weighted by atomic mass is 35.5. The van der Waals surface area contributed by atoms with Gasteiger partial charge in [0.1, 0.15) is 11.7 Å². The fourth-order valence-corrected chi connectivity index (χ4v) is 4.10. The Morgan fingerprint density at radius 3 is 2.93 bits per heavy atom. The van der Waals surface area contributed by atoms with Gasteiger partial charge in [-0.3, -0.25) is 4.68 Å². The van der Waals surface area contributed by atoms with Crippen LogP contribution in [-0.2, 0) is 22.5 Å². The minimum Gasteiger partial charge on any atom is -0.464 e. The first-order valence-electron chi connectivity index (χ1n) is 8.89. The Hall–Kier alpha value is -2.14. The Bertz CT molecular complexity index is 1100. The van der Waals surface area contributed by atoms with E-state index in [1.807, 2.05) is 0 Å². The SMILES string of the molecule is CCOC(=O)C(c1ncn2c1C[C@@H](F)C2)n1cc2c(Cl)cc(B(O)O)c(Cl)c2n1. The second-order valence-electron chi connectivity index (χ2n) is 6.69. The number of nitrogens with zero attached hydrogens (tertiary/aromatic N) is 4. The molecule has 29 heavy (non-hydrogen) atoms. The minimum atomic E-state index is -1.84. The summed E-state index contributed by atoms with van der Waals surface area (Å²) in [6.45, 7) is 1.99. The van der Waals surface area contributed by atoms with Crippen molar-refractivity contribution >= 4 is 52.7 Å². The molecule has 0 bridgehead atoms. The van der Waals surface area contributed by atoms with Crippen molar-refractivity contribution in [2.24, 2.45) is 0 Å². The Morgan fingerprint density at radius 1 is 1.48 bits per heavy atom. The maximum Gasteiger partial charge on any atom is 0.490 e. The molecule has 2 atom stereocenters. The van der Waals surface area contributed by atoms with E-state index in [4.69, 9.17) is 27.9 Å². The fourth-order valence-electron chi connectivity index (χ4n) is 3.55. The quantitative estimate of drug-likeness (QED) is 0.457. The number of hydrogen-bond acceptors (Lipinski definition) is 6. The van der Waals surface area contributed by atoms with Gasteiger partial charge in [0.05, 0.1) is 35.2 Å². The monoisotopic (exact) mass is 440 g/mol. The molecule has 1 aliphatic rings. The summed E-state index contributed by atoms with van der Waals surface area (Å²) in [7, 11) is -1.84. The molecule has 0 saturated carbocycles. The Kier molecular flexibility index (Phi) is 5.28. The van der Waals surface area contributed by atoms with Gasteiger partial charge in [-0.25, -0.2) is 14.2 Å². The molecule has 0 saturated heterocycles. The van der Waals surface area contributed by atoms with Gasteiger partial charge in [0.25, 0.3) is 0 Å². The summed E-state index contributed by atoms with van der Waals surface area (Å²) in [6.07, 6.45) is 2.07. The maximum absolute atomic E-state index is 13.9. The number of rotatable bonds is 5. The molecule has 2 N–H and O–H groups in total. The summed E-state index contributed by atoms with van der Waals surface area (Å²) >= 11 is 12.5. The molecule has 0 radical (unpaired) electrons. The Labute approximate surface area is 174 Å². The Morgan fingerprint density at radius 2 is 2.24 bits per heavy atom. The highest BCUT2D eigenvalue weighted by Crippen LogP contribution is 2.32. The molecule has 1 aliphatic heterocycles. The zero-order chi connectivity index (χ0) is 20.9. The number of esters is 1. The molecule has 0 aliphatic carbocycles. The number of hydrogen-bond donors (Lipinski definition) is 2. The van der Waals surface area contributed by atoms with Crippen LogP contribution >= 0.6 is 23.2 Å². The molecule has 1 aromatic carbocycles. The van der Waals surface area contributed by atoms with Crippen LogP contribution in [0.3, 0.4) is 0 Å². The third kappa shape index (κ3) is 3.40. The number of alkyl halides is 1. The van der Waals surface area contributed by atoms with E-state index in [0.29, 0.717) is 16.8 Å². The van der Waals surface area contributed by atoms with E-state index in [-0.39, 0.29) is 40.6 Å². The van der Waals surface area contributed by atoms with Gasteiger partial charge in [0, 0.05) is 29.2 Å². The molecule has 12 heteroatoms. The van der Waals surface area contributed by atoms with Crippen LogP contribution in [0, 0.1) is 0 Å². The second kappa shape index (κ2) is 7.60. The average molecular weight is 441 g/mol. The predicted octanol–water partition coefficient (Wildman–Crippen LogP) is 1.27. The lowest BCUT2D eigenvalue weighted by Gasteiger charge is -2.15. The van der Waals surface area contributed by atoms with Gasteiger partial charge >= 0.3 is 13.1 Å². The lowest BCUT2D eigenvalue weighted by atomic mass is 9.80. The van der Waals surface area contributed by atoms with Crippen LogP contribution in [0.2, 0.25) is 10.0 Å². The van der Waals surface area contributed by atoms with Crippen molar-refractivity contribution in [3.8, 4) is 0 Å². The standard InChI is InChI=1S/C17H16BCl2FN4O4/c1-2-29-17(26)16(15-12-3-8(21)5-24(12)7-22-15)25-6-9-11(19)4-10(18(27)28)13(20)14(9)23-25/h4,6-8,16,27-28H,2-3,5H2,1H3/t8-,16?/m1/s1. The van der Waals surface area contributed by atoms with Gasteiger partial charge in [-0.2, -0.15) is 5.10 Å². The summed E-state index contributed by atoms with van der Waals surface area (Å²) in [5, 5.41) is 23.9. The van der Waals surface area contributed by atoms with Crippen LogP contribution in [0.5, 0.6) is 0 Å². The number of imidazole rings is 1. The molecule has 3 heterocycles. The van der Waals surface area contributed by atoms with Gasteiger partial charge in [-0.05, 0) is 13.0 Å². The first-order chi connectivity index (χ1) is 13.8. The van der Waals surface area contributed by atoms with Gasteiger partial charge in [0.2, 0.25) is 0 Å². The van der Waals surface area contributed by atoms with Crippen molar-refractivity contribution in [1.82, 2.24) is 19.3 Å². The summed E-state index contributed by atoms with van der Waals surface area (Å²) in [5.41, 5.74) is 1.12. The molecule has 0 amide bonds. The van der Waals surface area contributed by atoms with Crippen LogP contribution in [0.15, 0.2) is 18.6 Å².